The second-order valence-electron chi connectivity index (χ2n) is 8.13. The van der Waals surface area contributed by atoms with E-state index >= 15 is 0 Å². The van der Waals surface area contributed by atoms with Crippen LogP contribution in [0.5, 0.6) is 0 Å². The lowest BCUT2D eigenvalue weighted by atomic mass is 9.92. The summed E-state index contributed by atoms with van der Waals surface area (Å²) in [4.78, 5) is 29.2. The number of pyridine rings is 1. The minimum Gasteiger partial charge on any atom is -0.465 e. The first-order chi connectivity index (χ1) is 15.0. The number of nitrogens with zero attached hydrogens (tertiary/aromatic N) is 2. The molecule has 0 aliphatic carbocycles. The maximum absolute atomic E-state index is 12.2. The summed E-state index contributed by atoms with van der Waals surface area (Å²) in [5.41, 5.74) is 3.54. The first-order valence-corrected chi connectivity index (χ1v) is 11.0. The quantitative estimate of drug-likeness (QED) is 0.537. The van der Waals surface area contributed by atoms with Gasteiger partial charge in [0.15, 0.2) is 0 Å². The number of aromatic nitrogens is 1. The summed E-state index contributed by atoms with van der Waals surface area (Å²) in [6, 6.07) is 14.0. The lowest BCUT2D eigenvalue weighted by Gasteiger charge is -2.29. The maximum Gasteiger partial charge on any atom is 0.407 e. The van der Waals surface area contributed by atoms with E-state index in [0.29, 0.717) is 37.7 Å². The van der Waals surface area contributed by atoms with E-state index in [4.69, 9.17) is 5.11 Å². The number of piperidine rings is 1. The molecular weight excluding hydrogens is 392 g/mol. The summed E-state index contributed by atoms with van der Waals surface area (Å²) < 4.78 is 0. The van der Waals surface area contributed by atoms with Gasteiger partial charge in [0.05, 0.1) is 0 Å². The SMILES string of the molecule is CNC(=O)c1cc(CNCCCC2CCN(C(=O)O)CC2)cc(Cc2ccccc2)n1. The lowest BCUT2D eigenvalue weighted by Crippen LogP contribution is -2.37. The van der Waals surface area contributed by atoms with Gasteiger partial charge >= 0.3 is 6.09 Å². The number of nitrogens with one attached hydrogen (secondary N) is 2. The summed E-state index contributed by atoms with van der Waals surface area (Å²) in [7, 11) is 1.62. The van der Waals surface area contributed by atoms with Crippen molar-refractivity contribution in [3.05, 3.63) is 65.0 Å². The number of likely N-dealkylation sites (tertiary alicyclic amines) is 1. The highest BCUT2D eigenvalue weighted by Gasteiger charge is 2.21. The molecule has 0 bridgehead atoms. The molecular formula is C24H32N4O3. The van der Waals surface area contributed by atoms with Crippen LogP contribution in [0.4, 0.5) is 4.79 Å². The third-order valence-electron chi connectivity index (χ3n) is 5.81. The maximum atomic E-state index is 12.2. The monoisotopic (exact) mass is 424 g/mol. The molecule has 0 spiro atoms. The number of carboxylic acid groups (broad SMARTS) is 1. The Morgan fingerprint density at radius 3 is 2.55 bits per heavy atom. The van der Waals surface area contributed by atoms with E-state index in [1.165, 1.54) is 4.90 Å². The summed E-state index contributed by atoms with van der Waals surface area (Å²) in [6.07, 6.45) is 3.96. The average Bonchev–Trinajstić information content (AvgIpc) is 2.79. The number of rotatable bonds is 9. The van der Waals surface area contributed by atoms with Gasteiger partial charge in [-0.15, -0.1) is 0 Å². The molecule has 7 heteroatoms. The zero-order chi connectivity index (χ0) is 22.1. The van der Waals surface area contributed by atoms with Crippen molar-refractivity contribution in [1.29, 1.82) is 0 Å². The van der Waals surface area contributed by atoms with Gasteiger partial charge in [0.2, 0.25) is 0 Å². The van der Waals surface area contributed by atoms with Crippen molar-refractivity contribution in [1.82, 2.24) is 20.5 Å². The number of carbonyl (C=O) groups excluding carboxylic acids is 1. The number of benzene rings is 1. The Hall–Kier alpha value is -2.93. The molecule has 3 N–H and O–H groups in total. The molecule has 3 rings (SSSR count). The Kier molecular flexibility index (Phi) is 8.41. The highest BCUT2D eigenvalue weighted by molar-refractivity contribution is 5.92. The van der Waals surface area contributed by atoms with Crippen LogP contribution in [0.15, 0.2) is 42.5 Å². The van der Waals surface area contributed by atoms with E-state index in [9.17, 15) is 9.59 Å². The van der Waals surface area contributed by atoms with E-state index in [1.54, 1.807) is 7.05 Å². The molecule has 0 unspecified atom stereocenters. The number of hydrogen-bond donors (Lipinski definition) is 3. The minimum absolute atomic E-state index is 0.177. The molecule has 2 heterocycles. The van der Waals surface area contributed by atoms with Crippen LogP contribution in [0.2, 0.25) is 0 Å². The van der Waals surface area contributed by atoms with Gasteiger partial charge in [0, 0.05) is 38.8 Å². The number of amides is 2. The summed E-state index contributed by atoms with van der Waals surface area (Å²) in [5, 5.41) is 15.2. The normalized spacial score (nSPS) is 14.4. The molecule has 0 atom stereocenters. The van der Waals surface area contributed by atoms with E-state index in [2.05, 4.69) is 33.8 Å². The van der Waals surface area contributed by atoms with Crippen LogP contribution in [0.25, 0.3) is 0 Å². The molecule has 1 aliphatic heterocycles. The molecule has 1 aromatic heterocycles. The molecule has 1 aliphatic rings. The van der Waals surface area contributed by atoms with Crippen molar-refractivity contribution in [2.24, 2.45) is 5.92 Å². The molecule has 7 nitrogen and oxygen atoms in total. The molecule has 1 aromatic carbocycles. The van der Waals surface area contributed by atoms with Gasteiger partial charge in [-0.25, -0.2) is 9.78 Å². The van der Waals surface area contributed by atoms with Gasteiger partial charge in [-0.3, -0.25) is 4.79 Å². The topological polar surface area (TPSA) is 94.6 Å². The van der Waals surface area contributed by atoms with Crippen LogP contribution in [-0.4, -0.2) is 53.7 Å². The summed E-state index contributed by atoms with van der Waals surface area (Å²) >= 11 is 0. The van der Waals surface area contributed by atoms with E-state index in [1.807, 2.05) is 24.3 Å². The van der Waals surface area contributed by atoms with Gasteiger partial charge < -0.3 is 20.6 Å². The Labute approximate surface area is 183 Å². The van der Waals surface area contributed by atoms with Gasteiger partial charge in [-0.05, 0) is 61.4 Å². The van der Waals surface area contributed by atoms with Crippen molar-refractivity contribution in [3.63, 3.8) is 0 Å². The van der Waals surface area contributed by atoms with Gasteiger partial charge in [-0.2, -0.15) is 0 Å². The fourth-order valence-electron chi connectivity index (χ4n) is 4.05. The van der Waals surface area contributed by atoms with Crippen LogP contribution < -0.4 is 10.6 Å². The molecule has 1 fully saturated rings. The van der Waals surface area contributed by atoms with Crippen molar-refractivity contribution >= 4 is 12.0 Å². The predicted molar refractivity (Wildman–Crippen MR) is 120 cm³/mol. The fourth-order valence-corrected chi connectivity index (χ4v) is 4.05. The highest BCUT2D eigenvalue weighted by Crippen LogP contribution is 2.21. The van der Waals surface area contributed by atoms with Crippen LogP contribution in [0.1, 0.15) is 53.0 Å². The molecule has 2 aromatic rings. The zero-order valence-corrected chi connectivity index (χ0v) is 18.1. The van der Waals surface area contributed by atoms with E-state index < -0.39 is 6.09 Å². The molecule has 0 radical (unpaired) electrons. The van der Waals surface area contributed by atoms with Crippen LogP contribution in [-0.2, 0) is 13.0 Å². The summed E-state index contributed by atoms with van der Waals surface area (Å²) in [6.45, 7) is 2.88. The molecule has 166 valence electrons. The van der Waals surface area contributed by atoms with Crippen molar-refractivity contribution in [2.45, 2.75) is 38.6 Å². The average molecular weight is 425 g/mol. The standard InChI is InChI=1S/C24H32N4O3/c1-25-23(29)22-16-20(15-21(27-22)14-19-6-3-2-4-7-19)17-26-11-5-8-18-9-12-28(13-10-18)24(30)31/h2-4,6-7,15-16,18,26H,5,8-14,17H2,1H3,(H,25,29)(H,30,31). The van der Waals surface area contributed by atoms with Crippen LogP contribution in [0.3, 0.4) is 0 Å². The highest BCUT2D eigenvalue weighted by atomic mass is 16.4. The largest absolute Gasteiger partial charge is 0.465 e. The molecule has 31 heavy (non-hydrogen) atoms. The lowest BCUT2D eigenvalue weighted by molar-refractivity contribution is 0.0957. The number of hydrogen-bond acceptors (Lipinski definition) is 4. The Morgan fingerprint density at radius 1 is 1.13 bits per heavy atom. The summed E-state index contributed by atoms with van der Waals surface area (Å²) in [5.74, 6) is 0.430. The van der Waals surface area contributed by atoms with Gasteiger partial charge in [0.1, 0.15) is 5.69 Å². The molecule has 2 amide bonds. The predicted octanol–water partition coefficient (Wildman–Crippen LogP) is 3.29. The molecule has 0 saturated carbocycles. The second-order valence-corrected chi connectivity index (χ2v) is 8.13. The van der Waals surface area contributed by atoms with Gasteiger partial charge in [-0.1, -0.05) is 30.3 Å². The fraction of sp³-hybridized carbons (Fsp3) is 0.458. The van der Waals surface area contributed by atoms with Crippen LogP contribution >= 0.6 is 0 Å². The first-order valence-electron chi connectivity index (χ1n) is 11.0. The second kappa shape index (κ2) is 11.5. The van der Waals surface area contributed by atoms with E-state index in [0.717, 1.165) is 49.0 Å². The van der Waals surface area contributed by atoms with Crippen LogP contribution in [0, 0.1) is 5.92 Å². The van der Waals surface area contributed by atoms with Crippen molar-refractivity contribution in [2.75, 3.05) is 26.7 Å². The van der Waals surface area contributed by atoms with Gasteiger partial charge in [0.25, 0.3) is 5.91 Å². The third kappa shape index (κ3) is 7.07. The Balaban J connectivity index is 1.49. The Morgan fingerprint density at radius 2 is 1.87 bits per heavy atom. The Bertz CT molecular complexity index is 864. The van der Waals surface area contributed by atoms with Crippen molar-refractivity contribution in [3.8, 4) is 0 Å². The van der Waals surface area contributed by atoms with E-state index in [-0.39, 0.29) is 5.91 Å². The minimum atomic E-state index is -0.805. The zero-order valence-electron chi connectivity index (χ0n) is 18.1. The third-order valence-corrected chi connectivity index (χ3v) is 5.81. The smallest absolute Gasteiger partial charge is 0.407 e. The first kappa shape index (κ1) is 22.7. The molecule has 1 saturated heterocycles. The van der Waals surface area contributed by atoms with Crippen molar-refractivity contribution < 1.29 is 14.7 Å². The number of carbonyl (C=O) groups is 2.